The first-order chi connectivity index (χ1) is 12.7. The van der Waals surface area contributed by atoms with Gasteiger partial charge in [-0.2, -0.15) is 0 Å². The van der Waals surface area contributed by atoms with Gasteiger partial charge in [0.15, 0.2) is 5.76 Å². The number of amides is 1. The van der Waals surface area contributed by atoms with E-state index in [1.165, 1.54) is 6.26 Å². The number of carbonyl (C=O) groups is 1. The molecule has 0 saturated carbocycles. The minimum absolute atomic E-state index is 0.194. The molecule has 0 fully saturated rings. The third-order valence-electron chi connectivity index (χ3n) is 3.89. The van der Waals surface area contributed by atoms with E-state index in [-0.39, 0.29) is 18.3 Å². The van der Waals surface area contributed by atoms with E-state index in [0.717, 1.165) is 16.5 Å². The van der Waals surface area contributed by atoms with Crippen LogP contribution in [0, 0.1) is 0 Å². The Balaban J connectivity index is 1.35. The highest BCUT2D eigenvalue weighted by atomic mass is 16.5. The number of fused-ring (bicyclic) bond motifs is 1. The first-order valence-corrected chi connectivity index (χ1v) is 8.55. The van der Waals surface area contributed by atoms with Crippen LogP contribution >= 0.6 is 0 Å². The van der Waals surface area contributed by atoms with Gasteiger partial charge >= 0.3 is 0 Å². The van der Waals surface area contributed by atoms with Crippen LogP contribution in [0.3, 0.4) is 0 Å². The number of benzene rings is 2. The van der Waals surface area contributed by atoms with Crippen LogP contribution in [-0.2, 0) is 0 Å². The van der Waals surface area contributed by atoms with Crippen LogP contribution in [0.2, 0.25) is 0 Å². The topological polar surface area (TPSA) is 83.7 Å². The van der Waals surface area contributed by atoms with Gasteiger partial charge in [0, 0.05) is 25.0 Å². The lowest BCUT2D eigenvalue weighted by atomic mass is 10.1. The number of furan rings is 1. The standard InChI is InChI=1S/C20H22N2O4/c23-16(13-21-10-11-22-20(24)19-9-4-12-25-19)14-26-18-8-3-6-15-5-1-2-7-17(15)18/h1-9,12,16,21,23H,10-11,13-14H2,(H,22,24). The Morgan fingerprint density at radius 1 is 1.08 bits per heavy atom. The van der Waals surface area contributed by atoms with Crippen LogP contribution in [0.15, 0.2) is 65.3 Å². The number of ether oxygens (including phenoxy) is 1. The Hall–Kier alpha value is -2.83. The second-order valence-electron chi connectivity index (χ2n) is 5.88. The second-order valence-corrected chi connectivity index (χ2v) is 5.88. The second kappa shape index (κ2) is 9.03. The van der Waals surface area contributed by atoms with Gasteiger partial charge in [0.05, 0.1) is 6.26 Å². The van der Waals surface area contributed by atoms with Gasteiger partial charge in [0.2, 0.25) is 0 Å². The van der Waals surface area contributed by atoms with E-state index in [4.69, 9.17) is 9.15 Å². The normalized spacial score (nSPS) is 12.0. The lowest BCUT2D eigenvalue weighted by molar-refractivity contribution is 0.0923. The monoisotopic (exact) mass is 354 g/mol. The molecule has 0 bridgehead atoms. The highest BCUT2D eigenvalue weighted by molar-refractivity contribution is 5.91. The van der Waals surface area contributed by atoms with E-state index in [0.29, 0.717) is 19.6 Å². The van der Waals surface area contributed by atoms with E-state index in [9.17, 15) is 9.90 Å². The fraction of sp³-hybridized carbons (Fsp3) is 0.250. The van der Waals surface area contributed by atoms with Crippen molar-refractivity contribution < 1.29 is 19.1 Å². The zero-order valence-corrected chi connectivity index (χ0v) is 14.4. The summed E-state index contributed by atoms with van der Waals surface area (Å²) >= 11 is 0. The van der Waals surface area contributed by atoms with Crippen molar-refractivity contribution in [1.29, 1.82) is 0 Å². The number of aliphatic hydroxyl groups is 1. The van der Waals surface area contributed by atoms with E-state index >= 15 is 0 Å². The van der Waals surface area contributed by atoms with Gasteiger partial charge in [-0.1, -0.05) is 36.4 Å². The highest BCUT2D eigenvalue weighted by Crippen LogP contribution is 2.25. The lowest BCUT2D eigenvalue weighted by Gasteiger charge is -2.14. The van der Waals surface area contributed by atoms with Gasteiger partial charge in [-0.15, -0.1) is 0 Å². The molecule has 3 aromatic rings. The molecule has 0 spiro atoms. The summed E-state index contributed by atoms with van der Waals surface area (Å²) in [6, 6.07) is 17.1. The molecule has 3 rings (SSSR count). The summed E-state index contributed by atoms with van der Waals surface area (Å²) < 4.78 is 10.8. The summed E-state index contributed by atoms with van der Waals surface area (Å²) in [6.45, 7) is 1.55. The summed E-state index contributed by atoms with van der Waals surface area (Å²) in [6.07, 6.45) is 0.814. The fourth-order valence-electron chi connectivity index (χ4n) is 2.59. The maximum absolute atomic E-state index is 11.7. The molecule has 136 valence electrons. The van der Waals surface area contributed by atoms with E-state index < -0.39 is 6.10 Å². The molecule has 2 aromatic carbocycles. The zero-order valence-electron chi connectivity index (χ0n) is 14.4. The van der Waals surface area contributed by atoms with Crippen molar-refractivity contribution in [2.45, 2.75) is 6.10 Å². The maximum Gasteiger partial charge on any atom is 0.287 e. The van der Waals surface area contributed by atoms with Crippen LogP contribution < -0.4 is 15.4 Å². The van der Waals surface area contributed by atoms with Gasteiger partial charge < -0.3 is 24.9 Å². The van der Waals surface area contributed by atoms with Crippen LogP contribution in [0.5, 0.6) is 5.75 Å². The molecular weight excluding hydrogens is 332 g/mol. The minimum atomic E-state index is -0.644. The molecule has 26 heavy (non-hydrogen) atoms. The summed E-state index contributed by atoms with van der Waals surface area (Å²) in [5.74, 6) is 0.790. The predicted octanol–water partition coefficient (Wildman–Crippen LogP) is 2.19. The Labute approximate surface area is 151 Å². The summed E-state index contributed by atoms with van der Waals surface area (Å²) in [5, 5.41) is 18.0. The Morgan fingerprint density at radius 3 is 2.77 bits per heavy atom. The van der Waals surface area contributed by atoms with Gasteiger partial charge in [0.1, 0.15) is 18.5 Å². The van der Waals surface area contributed by atoms with Crippen LogP contribution in [0.1, 0.15) is 10.6 Å². The predicted molar refractivity (Wildman–Crippen MR) is 99.4 cm³/mol. The van der Waals surface area contributed by atoms with Gasteiger partial charge in [-0.25, -0.2) is 0 Å². The zero-order chi connectivity index (χ0) is 18.2. The van der Waals surface area contributed by atoms with Crippen LogP contribution in [0.25, 0.3) is 10.8 Å². The van der Waals surface area contributed by atoms with E-state index in [1.807, 2.05) is 42.5 Å². The van der Waals surface area contributed by atoms with Crippen LogP contribution in [-0.4, -0.2) is 43.4 Å². The summed E-state index contributed by atoms with van der Waals surface area (Å²) in [7, 11) is 0. The van der Waals surface area contributed by atoms with Crippen molar-refractivity contribution in [1.82, 2.24) is 10.6 Å². The average molecular weight is 354 g/mol. The molecule has 0 aliphatic heterocycles. The molecule has 0 aliphatic carbocycles. The molecule has 1 unspecified atom stereocenters. The summed E-state index contributed by atoms with van der Waals surface area (Å²) in [4.78, 5) is 11.7. The first-order valence-electron chi connectivity index (χ1n) is 8.55. The van der Waals surface area contributed by atoms with Gasteiger partial charge in [-0.3, -0.25) is 4.79 Å². The Bertz CT molecular complexity index is 827. The molecule has 6 heteroatoms. The van der Waals surface area contributed by atoms with Crippen molar-refractivity contribution in [3.63, 3.8) is 0 Å². The molecule has 0 saturated heterocycles. The largest absolute Gasteiger partial charge is 0.490 e. The molecule has 1 amide bonds. The van der Waals surface area contributed by atoms with Gasteiger partial charge in [-0.05, 0) is 23.6 Å². The van der Waals surface area contributed by atoms with Crippen molar-refractivity contribution in [3.05, 3.63) is 66.6 Å². The number of hydrogen-bond donors (Lipinski definition) is 3. The molecular formula is C20H22N2O4. The number of aliphatic hydroxyl groups excluding tert-OH is 1. The van der Waals surface area contributed by atoms with E-state index in [2.05, 4.69) is 10.6 Å². The molecule has 1 atom stereocenters. The van der Waals surface area contributed by atoms with Crippen molar-refractivity contribution in [2.75, 3.05) is 26.2 Å². The fourth-order valence-corrected chi connectivity index (χ4v) is 2.59. The molecule has 6 nitrogen and oxygen atoms in total. The first kappa shape index (κ1) is 18.0. The average Bonchev–Trinajstić information content (AvgIpc) is 3.21. The number of rotatable bonds is 9. The molecule has 3 N–H and O–H groups in total. The number of carbonyl (C=O) groups excluding carboxylic acids is 1. The van der Waals surface area contributed by atoms with Crippen LogP contribution in [0.4, 0.5) is 0 Å². The SMILES string of the molecule is O=C(NCCNCC(O)COc1cccc2ccccc12)c1ccco1. The van der Waals surface area contributed by atoms with Crippen molar-refractivity contribution in [3.8, 4) is 5.75 Å². The van der Waals surface area contributed by atoms with E-state index in [1.54, 1.807) is 12.1 Å². The minimum Gasteiger partial charge on any atom is -0.490 e. The number of hydrogen-bond acceptors (Lipinski definition) is 5. The van der Waals surface area contributed by atoms with Crippen molar-refractivity contribution >= 4 is 16.7 Å². The third-order valence-corrected chi connectivity index (χ3v) is 3.89. The highest BCUT2D eigenvalue weighted by Gasteiger charge is 2.08. The quantitative estimate of drug-likeness (QED) is 0.513. The molecule has 0 radical (unpaired) electrons. The Kier molecular flexibility index (Phi) is 6.24. The molecule has 1 heterocycles. The number of nitrogens with one attached hydrogen (secondary N) is 2. The van der Waals surface area contributed by atoms with Crippen molar-refractivity contribution in [2.24, 2.45) is 0 Å². The third kappa shape index (κ3) is 4.84. The molecule has 0 aliphatic rings. The smallest absolute Gasteiger partial charge is 0.287 e. The maximum atomic E-state index is 11.7. The van der Waals surface area contributed by atoms with Gasteiger partial charge in [0.25, 0.3) is 5.91 Å². The molecule has 1 aromatic heterocycles. The summed E-state index contributed by atoms with van der Waals surface area (Å²) in [5.41, 5.74) is 0. The Morgan fingerprint density at radius 2 is 1.92 bits per heavy atom. The lowest BCUT2D eigenvalue weighted by Crippen LogP contribution is -2.37.